The van der Waals surface area contributed by atoms with Crippen LogP contribution in [0.3, 0.4) is 0 Å². The average molecular weight is 230 g/mol. The van der Waals surface area contributed by atoms with E-state index in [-0.39, 0.29) is 17.7 Å². The number of rotatable bonds is 1. The molecule has 1 N–H and O–H groups in total. The number of hydrogen-bond acceptors (Lipinski definition) is 2. The second-order valence-corrected chi connectivity index (χ2v) is 4.05. The van der Waals surface area contributed by atoms with Crippen LogP contribution in [-0.2, 0) is 9.59 Å². The first kappa shape index (κ1) is 11.5. The Balaban J connectivity index is 2.35. The van der Waals surface area contributed by atoms with Gasteiger partial charge >= 0.3 is 0 Å². The number of hydrogen-bond donors (Lipinski definition) is 1. The Morgan fingerprint density at radius 2 is 2.24 bits per heavy atom. The fraction of sp³-hybridized carbons (Fsp3) is 0.308. The van der Waals surface area contributed by atoms with Crippen LogP contribution in [0.2, 0.25) is 0 Å². The fourth-order valence-electron chi connectivity index (χ4n) is 2.04. The molecule has 1 aliphatic carbocycles. The van der Waals surface area contributed by atoms with Gasteiger partial charge in [-0.25, -0.2) is 4.99 Å². The number of carbonyl (C=O) groups is 2. The van der Waals surface area contributed by atoms with Gasteiger partial charge in [0.05, 0.1) is 5.71 Å². The van der Waals surface area contributed by atoms with Crippen molar-refractivity contribution in [1.82, 2.24) is 5.32 Å². The number of carbonyl (C=O) groups excluding carboxylic acids is 2. The Bertz CT molecular complexity index is 496. The predicted octanol–water partition coefficient (Wildman–Crippen LogP) is 1.51. The molecule has 0 aromatic rings. The maximum atomic E-state index is 11.5. The van der Waals surface area contributed by atoms with Gasteiger partial charge in [-0.15, -0.1) is 0 Å². The molecule has 1 aliphatic heterocycles. The molecule has 0 bridgehead atoms. The summed E-state index contributed by atoms with van der Waals surface area (Å²) in [5.74, 6) is -0.237. The predicted molar refractivity (Wildman–Crippen MR) is 65.3 cm³/mol. The van der Waals surface area contributed by atoms with Crippen molar-refractivity contribution in [2.24, 2.45) is 10.9 Å². The van der Waals surface area contributed by atoms with Crippen LogP contribution in [0.4, 0.5) is 0 Å². The largest absolute Gasteiger partial charge is 0.325 e. The van der Waals surface area contributed by atoms with E-state index in [0.717, 1.165) is 17.7 Å². The molecule has 0 saturated carbocycles. The van der Waals surface area contributed by atoms with Gasteiger partial charge in [0, 0.05) is 24.6 Å². The SMILES string of the molecule is CCC1=CC(=O)NC2=CC(=NC(C)=O)C=CC12. The van der Waals surface area contributed by atoms with Crippen molar-refractivity contribution < 1.29 is 9.59 Å². The first-order chi connectivity index (χ1) is 8.10. The lowest BCUT2D eigenvalue weighted by atomic mass is 9.86. The third-order valence-corrected chi connectivity index (χ3v) is 2.78. The first-order valence-electron chi connectivity index (χ1n) is 5.60. The van der Waals surface area contributed by atoms with Crippen molar-refractivity contribution in [2.75, 3.05) is 0 Å². The van der Waals surface area contributed by atoms with Crippen LogP contribution in [0, 0.1) is 5.92 Å². The van der Waals surface area contributed by atoms with Gasteiger partial charge in [0.15, 0.2) is 0 Å². The van der Waals surface area contributed by atoms with Crippen LogP contribution in [0.5, 0.6) is 0 Å². The minimum absolute atomic E-state index is 0.109. The minimum atomic E-state index is -0.242. The van der Waals surface area contributed by atoms with Crippen LogP contribution >= 0.6 is 0 Å². The van der Waals surface area contributed by atoms with Gasteiger partial charge in [0.25, 0.3) is 0 Å². The summed E-state index contributed by atoms with van der Waals surface area (Å²) < 4.78 is 0. The first-order valence-corrected chi connectivity index (χ1v) is 5.60. The molecule has 4 nitrogen and oxygen atoms in total. The molecule has 2 aliphatic rings. The Kier molecular flexibility index (Phi) is 3.04. The van der Waals surface area contributed by atoms with Gasteiger partial charge in [-0.05, 0) is 18.6 Å². The second-order valence-electron chi connectivity index (χ2n) is 4.05. The van der Waals surface area contributed by atoms with Gasteiger partial charge in [0.2, 0.25) is 11.8 Å². The molecule has 0 radical (unpaired) electrons. The smallest absolute Gasteiger partial charge is 0.248 e. The quantitative estimate of drug-likeness (QED) is 0.742. The molecule has 0 aromatic carbocycles. The van der Waals surface area contributed by atoms with E-state index in [2.05, 4.69) is 10.3 Å². The molecule has 1 atom stereocenters. The van der Waals surface area contributed by atoms with E-state index in [4.69, 9.17) is 0 Å². The van der Waals surface area contributed by atoms with Gasteiger partial charge in [-0.3, -0.25) is 9.59 Å². The van der Waals surface area contributed by atoms with Gasteiger partial charge in [-0.1, -0.05) is 18.6 Å². The van der Waals surface area contributed by atoms with E-state index >= 15 is 0 Å². The van der Waals surface area contributed by atoms with Gasteiger partial charge < -0.3 is 5.32 Å². The molecule has 4 heteroatoms. The van der Waals surface area contributed by atoms with Crippen molar-refractivity contribution in [1.29, 1.82) is 0 Å². The van der Waals surface area contributed by atoms with E-state index in [0.29, 0.717) is 5.71 Å². The molecule has 0 spiro atoms. The summed E-state index contributed by atoms with van der Waals surface area (Å²) >= 11 is 0. The van der Waals surface area contributed by atoms with Crippen LogP contribution in [0.25, 0.3) is 0 Å². The topological polar surface area (TPSA) is 58.5 Å². The molecule has 1 heterocycles. The fourth-order valence-corrected chi connectivity index (χ4v) is 2.04. The van der Waals surface area contributed by atoms with E-state index in [1.54, 1.807) is 12.2 Å². The lowest BCUT2D eigenvalue weighted by Gasteiger charge is -2.26. The van der Waals surface area contributed by atoms with Crippen molar-refractivity contribution in [2.45, 2.75) is 20.3 Å². The number of aliphatic imine (C=N–C) groups is 1. The van der Waals surface area contributed by atoms with E-state index in [1.165, 1.54) is 6.92 Å². The summed E-state index contributed by atoms with van der Waals surface area (Å²) in [5, 5.41) is 2.79. The Morgan fingerprint density at radius 1 is 1.47 bits per heavy atom. The molecule has 2 amide bonds. The molecular weight excluding hydrogens is 216 g/mol. The highest BCUT2D eigenvalue weighted by Gasteiger charge is 2.25. The highest BCUT2D eigenvalue weighted by atomic mass is 16.2. The van der Waals surface area contributed by atoms with Crippen molar-refractivity contribution in [3.63, 3.8) is 0 Å². The molecular formula is C13H14N2O2. The molecule has 0 fully saturated rings. The third kappa shape index (κ3) is 2.41. The lowest BCUT2D eigenvalue weighted by molar-refractivity contribution is -0.116. The molecule has 0 saturated heterocycles. The third-order valence-electron chi connectivity index (χ3n) is 2.78. The lowest BCUT2D eigenvalue weighted by Crippen LogP contribution is -2.33. The summed E-state index contributed by atoms with van der Waals surface area (Å²) in [6.07, 6.45) is 8.01. The Morgan fingerprint density at radius 3 is 2.88 bits per heavy atom. The maximum absolute atomic E-state index is 11.5. The van der Waals surface area contributed by atoms with Gasteiger partial charge in [0.1, 0.15) is 0 Å². The highest BCUT2D eigenvalue weighted by Crippen LogP contribution is 2.28. The molecule has 2 rings (SSSR count). The number of nitrogens with one attached hydrogen (secondary N) is 1. The van der Waals surface area contributed by atoms with E-state index in [1.807, 2.05) is 19.1 Å². The highest BCUT2D eigenvalue weighted by molar-refractivity contribution is 6.11. The standard InChI is InChI=1S/C13H14N2O2/c1-3-9-6-13(17)15-12-7-10(14-8(2)16)4-5-11(9)12/h4-7,11H,3H2,1-2H3,(H,15,17). The summed E-state index contributed by atoms with van der Waals surface area (Å²) in [6, 6.07) is 0. The minimum Gasteiger partial charge on any atom is -0.325 e. The normalized spacial score (nSPS) is 24.9. The van der Waals surface area contributed by atoms with Crippen molar-refractivity contribution >= 4 is 17.5 Å². The van der Waals surface area contributed by atoms with Crippen LogP contribution < -0.4 is 5.32 Å². The Labute approximate surface area is 99.8 Å². The van der Waals surface area contributed by atoms with Crippen LogP contribution in [0.1, 0.15) is 20.3 Å². The number of fused-ring (bicyclic) bond motifs is 1. The molecule has 0 aromatic heterocycles. The van der Waals surface area contributed by atoms with Crippen molar-refractivity contribution in [3.05, 3.63) is 35.6 Å². The number of amides is 2. The average Bonchev–Trinajstić information content (AvgIpc) is 2.26. The zero-order valence-corrected chi connectivity index (χ0v) is 9.86. The number of nitrogens with zero attached hydrogens (tertiary/aromatic N) is 1. The molecule has 88 valence electrons. The van der Waals surface area contributed by atoms with Gasteiger partial charge in [-0.2, -0.15) is 0 Å². The zero-order chi connectivity index (χ0) is 12.4. The number of allylic oxidation sites excluding steroid dienone is 3. The second kappa shape index (κ2) is 4.49. The summed E-state index contributed by atoms with van der Waals surface area (Å²) in [5.41, 5.74) is 2.47. The molecule has 1 unspecified atom stereocenters. The van der Waals surface area contributed by atoms with Crippen LogP contribution in [-0.4, -0.2) is 17.5 Å². The van der Waals surface area contributed by atoms with E-state index in [9.17, 15) is 9.59 Å². The Hall–Kier alpha value is -1.97. The maximum Gasteiger partial charge on any atom is 0.248 e. The van der Waals surface area contributed by atoms with E-state index < -0.39 is 0 Å². The summed E-state index contributed by atoms with van der Waals surface area (Å²) in [7, 11) is 0. The zero-order valence-electron chi connectivity index (χ0n) is 9.86. The summed E-state index contributed by atoms with van der Waals surface area (Å²) in [4.78, 5) is 26.2. The van der Waals surface area contributed by atoms with Crippen LogP contribution in [0.15, 0.2) is 40.6 Å². The van der Waals surface area contributed by atoms with Crippen molar-refractivity contribution in [3.8, 4) is 0 Å². The molecule has 17 heavy (non-hydrogen) atoms. The monoisotopic (exact) mass is 230 g/mol. The summed E-state index contributed by atoms with van der Waals surface area (Å²) in [6.45, 7) is 3.43.